The minimum Gasteiger partial charge on any atom is -0.375 e. The minimum atomic E-state index is -0.144. The lowest BCUT2D eigenvalue weighted by Gasteiger charge is -2.29. The van der Waals surface area contributed by atoms with Crippen LogP contribution in [0.25, 0.3) is 0 Å². The van der Waals surface area contributed by atoms with Crippen LogP contribution in [-0.2, 0) is 11.2 Å². The number of hydrogen-bond donors (Lipinski definition) is 1. The fourth-order valence-electron chi connectivity index (χ4n) is 3.86. The number of likely N-dealkylation sites (N-methyl/N-ethyl adjacent to an activating group) is 1. The highest BCUT2D eigenvalue weighted by Crippen LogP contribution is 2.41. The average molecular weight is 277 g/mol. The van der Waals surface area contributed by atoms with E-state index in [1.165, 1.54) is 24.8 Å². The first-order valence-corrected chi connectivity index (χ1v) is 7.81. The lowest BCUT2D eigenvalue weighted by molar-refractivity contribution is 0.0858. The number of fused-ring (bicyclic) bond motifs is 2. The van der Waals surface area contributed by atoms with Gasteiger partial charge in [-0.15, -0.1) is 0 Å². The molecule has 3 rings (SSSR count). The summed E-state index contributed by atoms with van der Waals surface area (Å²) in [6, 6.07) is 5.58. The van der Waals surface area contributed by atoms with Crippen LogP contribution in [0.2, 0.25) is 0 Å². The molecule has 2 aliphatic heterocycles. The first-order chi connectivity index (χ1) is 9.67. The second kappa shape index (κ2) is 5.82. The van der Waals surface area contributed by atoms with Crippen LogP contribution in [0, 0.1) is 18.7 Å². The smallest absolute Gasteiger partial charge is 0.123 e. The van der Waals surface area contributed by atoms with Crippen molar-refractivity contribution < 1.29 is 9.13 Å². The van der Waals surface area contributed by atoms with E-state index in [0.29, 0.717) is 24.2 Å². The fourth-order valence-corrected chi connectivity index (χ4v) is 3.86. The quantitative estimate of drug-likeness (QED) is 0.892. The number of aryl methyl sites for hydroxylation is 1. The van der Waals surface area contributed by atoms with Gasteiger partial charge in [-0.2, -0.15) is 0 Å². The largest absolute Gasteiger partial charge is 0.375 e. The summed E-state index contributed by atoms with van der Waals surface area (Å²) in [6.07, 6.45) is 5.51. The number of halogens is 1. The molecule has 0 radical (unpaired) electrons. The summed E-state index contributed by atoms with van der Waals surface area (Å²) in [5.74, 6) is 0.465. The van der Waals surface area contributed by atoms with E-state index < -0.39 is 0 Å². The zero-order valence-corrected chi connectivity index (χ0v) is 12.4. The molecule has 1 aromatic carbocycles. The van der Waals surface area contributed by atoms with Crippen molar-refractivity contribution >= 4 is 0 Å². The number of rotatable bonds is 5. The molecule has 0 amide bonds. The van der Waals surface area contributed by atoms with Crippen molar-refractivity contribution in [3.05, 3.63) is 35.1 Å². The van der Waals surface area contributed by atoms with E-state index in [9.17, 15) is 4.39 Å². The zero-order chi connectivity index (χ0) is 14.1. The second-order valence-electron chi connectivity index (χ2n) is 6.21. The first kappa shape index (κ1) is 14.0. The van der Waals surface area contributed by atoms with Crippen LogP contribution < -0.4 is 5.32 Å². The molecule has 1 N–H and O–H groups in total. The van der Waals surface area contributed by atoms with E-state index in [2.05, 4.69) is 12.2 Å². The van der Waals surface area contributed by atoms with Gasteiger partial charge in [-0.1, -0.05) is 13.0 Å². The van der Waals surface area contributed by atoms with Gasteiger partial charge in [-0.25, -0.2) is 4.39 Å². The topological polar surface area (TPSA) is 21.3 Å². The summed E-state index contributed by atoms with van der Waals surface area (Å²) in [4.78, 5) is 0. The molecule has 110 valence electrons. The van der Waals surface area contributed by atoms with Crippen LogP contribution in [0.3, 0.4) is 0 Å². The van der Waals surface area contributed by atoms with Crippen molar-refractivity contribution in [2.45, 2.75) is 57.8 Å². The van der Waals surface area contributed by atoms with Gasteiger partial charge in [0, 0.05) is 12.0 Å². The molecule has 4 atom stereocenters. The molecule has 20 heavy (non-hydrogen) atoms. The van der Waals surface area contributed by atoms with Crippen molar-refractivity contribution in [3.8, 4) is 0 Å². The number of nitrogens with one attached hydrogen (secondary N) is 1. The molecule has 2 heterocycles. The molecule has 2 aliphatic rings. The normalized spacial score (nSPS) is 29.9. The van der Waals surface area contributed by atoms with Gasteiger partial charge in [-0.05, 0) is 62.4 Å². The van der Waals surface area contributed by atoms with Crippen LogP contribution in [0.5, 0.6) is 0 Å². The Morgan fingerprint density at radius 3 is 2.85 bits per heavy atom. The Morgan fingerprint density at radius 1 is 1.40 bits per heavy atom. The van der Waals surface area contributed by atoms with Crippen LogP contribution >= 0.6 is 0 Å². The second-order valence-corrected chi connectivity index (χ2v) is 6.21. The number of hydrogen-bond acceptors (Lipinski definition) is 2. The molecular weight excluding hydrogens is 253 g/mol. The lowest BCUT2D eigenvalue weighted by atomic mass is 9.81. The predicted molar refractivity (Wildman–Crippen MR) is 78.3 cm³/mol. The molecular formula is C17H24FNO. The molecule has 2 fully saturated rings. The van der Waals surface area contributed by atoms with E-state index in [4.69, 9.17) is 4.74 Å². The van der Waals surface area contributed by atoms with Crippen LogP contribution in [0.4, 0.5) is 4.39 Å². The number of ether oxygens (including phenoxy) is 1. The Balaban J connectivity index is 1.74. The van der Waals surface area contributed by atoms with E-state index in [1.807, 2.05) is 13.0 Å². The standard InChI is InChI=1S/C17H24FNO/c1-3-19-16(15-10-14-6-7-17(15)20-14)9-12-4-5-13(18)8-11(12)2/h4-5,8,14-17,19H,3,6-7,9-10H2,1-2H3. The Hall–Kier alpha value is -0.930. The third-order valence-electron chi connectivity index (χ3n) is 4.88. The SMILES string of the molecule is CCNC(Cc1ccc(F)cc1C)C1CC2CCC1O2. The van der Waals surface area contributed by atoms with E-state index in [-0.39, 0.29) is 5.82 Å². The number of benzene rings is 1. The maximum Gasteiger partial charge on any atom is 0.123 e. The van der Waals surface area contributed by atoms with Crippen LogP contribution in [0.15, 0.2) is 18.2 Å². The molecule has 1 aromatic rings. The van der Waals surface area contributed by atoms with Gasteiger partial charge in [0.15, 0.2) is 0 Å². The maximum atomic E-state index is 13.2. The highest BCUT2D eigenvalue weighted by molar-refractivity contribution is 5.27. The molecule has 0 aromatic heterocycles. The summed E-state index contributed by atoms with van der Waals surface area (Å²) in [5, 5.41) is 3.63. The molecule has 0 saturated carbocycles. The molecule has 0 spiro atoms. The van der Waals surface area contributed by atoms with Gasteiger partial charge in [-0.3, -0.25) is 0 Å². The summed E-state index contributed by atoms with van der Waals surface area (Å²) in [6.45, 7) is 5.12. The average Bonchev–Trinajstić information content (AvgIpc) is 3.03. The summed E-state index contributed by atoms with van der Waals surface area (Å²) in [5.41, 5.74) is 2.30. The minimum absolute atomic E-state index is 0.144. The Labute approximate surface area is 120 Å². The monoisotopic (exact) mass is 277 g/mol. The van der Waals surface area contributed by atoms with Crippen molar-refractivity contribution in [2.24, 2.45) is 5.92 Å². The van der Waals surface area contributed by atoms with Gasteiger partial charge in [0.25, 0.3) is 0 Å². The highest BCUT2D eigenvalue weighted by atomic mass is 19.1. The van der Waals surface area contributed by atoms with E-state index in [0.717, 1.165) is 18.5 Å². The van der Waals surface area contributed by atoms with Crippen molar-refractivity contribution in [1.29, 1.82) is 0 Å². The van der Waals surface area contributed by atoms with Crippen molar-refractivity contribution in [1.82, 2.24) is 5.32 Å². The Kier molecular flexibility index (Phi) is 4.08. The molecule has 2 bridgehead atoms. The molecule has 3 heteroatoms. The first-order valence-electron chi connectivity index (χ1n) is 7.81. The van der Waals surface area contributed by atoms with E-state index in [1.54, 1.807) is 12.1 Å². The predicted octanol–water partition coefficient (Wildman–Crippen LogP) is 3.22. The Morgan fingerprint density at radius 2 is 2.25 bits per heavy atom. The molecule has 0 aliphatic carbocycles. The third-order valence-corrected chi connectivity index (χ3v) is 4.88. The Bertz CT molecular complexity index is 476. The maximum absolute atomic E-state index is 13.2. The molecule has 2 nitrogen and oxygen atoms in total. The third kappa shape index (κ3) is 2.75. The van der Waals surface area contributed by atoms with E-state index >= 15 is 0 Å². The van der Waals surface area contributed by atoms with Gasteiger partial charge < -0.3 is 10.1 Å². The summed E-state index contributed by atoms with van der Waals surface area (Å²) < 4.78 is 19.2. The van der Waals surface area contributed by atoms with Gasteiger partial charge in [0.1, 0.15) is 5.82 Å². The van der Waals surface area contributed by atoms with Crippen molar-refractivity contribution in [2.75, 3.05) is 6.54 Å². The molecule has 2 saturated heterocycles. The van der Waals surface area contributed by atoms with Gasteiger partial charge >= 0.3 is 0 Å². The van der Waals surface area contributed by atoms with Crippen LogP contribution in [-0.4, -0.2) is 24.8 Å². The molecule has 4 unspecified atom stereocenters. The van der Waals surface area contributed by atoms with Gasteiger partial charge in [0.2, 0.25) is 0 Å². The fraction of sp³-hybridized carbons (Fsp3) is 0.647. The van der Waals surface area contributed by atoms with Crippen LogP contribution in [0.1, 0.15) is 37.3 Å². The lowest BCUT2D eigenvalue weighted by Crippen LogP contribution is -2.42. The van der Waals surface area contributed by atoms with Gasteiger partial charge in [0.05, 0.1) is 12.2 Å². The van der Waals surface area contributed by atoms with Crippen molar-refractivity contribution in [3.63, 3.8) is 0 Å². The zero-order valence-electron chi connectivity index (χ0n) is 12.4. The summed E-state index contributed by atoms with van der Waals surface area (Å²) >= 11 is 0. The highest BCUT2D eigenvalue weighted by Gasteiger charge is 2.44. The summed E-state index contributed by atoms with van der Waals surface area (Å²) in [7, 11) is 0.